The zero-order chi connectivity index (χ0) is 26.1. The number of nitrogens with one attached hydrogen (secondary N) is 1. The second-order valence-corrected chi connectivity index (χ2v) is 11.3. The second kappa shape index (κ2) is 9.84. The molecule has 0 bridgehead atoms. The first kappa shape index (κ1) is 25.5. The van der Waals surface area contributed by atoms with Crippen LogP contribution in [-0.4, -0.2) is 11.9 Å². The van der Waals surface area contributed by atoms with Gasteiger partial charge in [-0.2, -0.15) is 0 Å². The van der Waals surface area contributed by atoms with Crippen molar-refractivity contribution in [2.24, 2.45) is 16.5 Å². The third-order valence-electron chi connectivity index (χ3n) is 7.45. The van der Waals surface area contributed by atoms with Gasteiger partial charge in [-0.1, -0.05) is 64.1 Å². The number of nitrogens with two attached hydrogens (primary N) is 2. The monoisotopic (exact) mass is 486 g/mol. The quantitative estimate of drug-likeness (QED) is 0.314. The molecular formula is C30H38N4O2. The van der Waals surface area contributed by atoms with Gasteiger partial charge in [0.1, 0.15) is 5.76 Å². The number of nitrogens with zero attached hydrogens (tertiary/aromatic N) is 1. The number of amides is 1. The molecule has 6 heteroatoms. The molecule has 1 aromatic heterocycles. The van der Waals surface area contributed by atoms with Gasteiger partial charge in [-0.15, -0.1) is 0 Å². The number of hydrogen-bond donors (Lipinski definition) is 3. The van der Waals surface area contributed by atoms with Crippen LogP contribution in [0.4, 0.5) is 0 Å². The lowest BCUT2D eigenvalue weighted by atomic mass is 9.62. The van der Waals surface area contributed by atoms with E-state index in [1.165, 1.54) is 35.1 Å². The van der Waals surface area contributed by atoms with Crippen molar-refractivity contribution in [1.29, 1.82) is 0 Å². The van der Waals surface area contributed by atoms with Crippen molar-refractivity contribution in [2.45, 2.75) is 77.8 Å². The van der Waals surface area contributed by atoms with E-state index in [0.29, 0.717) is 25.3 Å². The minimum atomic E-state index is -0.235. The van der Waals surface area contributed by atoms with Crippen LogP contribution in [0.25, 0.3) is 0 Å². The zero-order valence-corrected chi connectivity index (χ0v) is 22.1. The van der Waals surface area contributed by atoms with Gasteiger partial charge in [-0.05, 0) is 76.1 Å². The predicted molar refractivity (Wildman–Crippen MR) is 145 cm³/mol. The molecule has 0 fully saturated rings. The topological polar surface area (TPSA) is 107 Å². The summed E-state index contributed by atoms with van der Waals surface area (Å²) in [5, 5.41) is 2.94. The molecule has 0 aliphatic heterocycles. The summed E-state index contributed by atoms with van der Waals surface area (Å²) in [6.45, 7) is 12.3. The number of guanidine groups is 1. The zero-order valence-electron chi connectivity index (χ0n) is 22.1. The molecule has 190 valence electrons. The Morgan fingerprint density at radius 1 is 0.972 bits per heavy atom. The maximum Gasteiger partial charge on any atom is 0.287 e. The van der Waals surface area contributed by atoms with Crippen molar-refractivity contribution in [3.05, 3.63) is 93.4 Å². The highest BCUT2D eigenvalue weighted by molar-refractivity contribution is 5.91. The van der Waals surface area contributed by atoms with Crippen LogP contribution in [0.3, 0.4) is 0 Å². The Labute approximate surface area is 214 Å². The molecule has 36 heavy (non-hydrogen) atoms. The first-order chi connectivity index (χ1) is 16.9. The van der Waals surface area contributed by atoms with Crippen LogP contribution < -0.4 is 16.8 Å². The van der Waals surface area contributed by atoms with Crippen LogP contribution in [0, 0.1) is 6.92 Å². The van der Waals surface area contributed by atoms with Crippen molar-refractivity contribution >= 4 is 11.9 Å². The van der Waals surface area contributed by atoms with Gasteiger partial charge in [0.15, 0.2) is 11.7 Å². The maximum atomic E-state index is 12.7. The van der Waals surface area contributed by atoms with Crippen LogP contribution in [0.1, 0.15) is 90.2 Å². The molecule has 5 N–H and O–H groups in total. The van der Waals surface area contributed by atoms with E-state index in [0.717, 1.165) is 16.9 Å². The predicted octanol–water partition coefficient (Wildman–Crippen LogP) is 5.23. The number of rotatable bonds is 7. The fourth-order valence-electron chi connectivity index (χ4n) is 5.03. The van der Waals surface area contributed by atoms with Gasteiger partial charge in [0.25, 0.3) is 5.91 Å². The molecule has 6 nitrogen and oxygen atoms in total. The Kier molecular flexibility index (Phi) is 6.98. The molecule has 1 aliphatic carbocycles. The van der Waals surface area contributed by atoms with Crippen LogP contribution in [0.15, 0.2) is 57.9 Å². The summed E-state index contributed by atoms with van der Waals surface area (Å²) in [5.41, 5.74) is 18.5. The molecule has 0 radical (unpaired) electrons. The third-order valence-corrected chi connectivity index (χ3v) is 7.45. The molecule has 2 aromatic carbocycles. The fourth-order valence-corrected chi connectivity index (χ4v) is 5.03. The molecule has 4 rings (SSSR count). The summed E-state index contributed by atoms with van der Waals surface area (Å²) >= 11 is 0. The number of fused-ring (bicyclic) bond motifs is 1. The van der Waals surface area contributed by atoms with Crippen molar-refractivity contribution < 1.29 is 9.21 Å². The number of carbonyl (C=O) groups excluding carboxylic acids is 1. The lowest BCUT2D eigenvalue weighted by molar-refractivity contribution is 0.0921. The van der Waals surface area contributed by atoms with E-state index in [1.54, 1.807) is 6.07 Å². The van der Waals surface area contributed by atoms with Gasteiger partial charge in [-0.25, -0.2) is 4.99 Å². The summed E-state index contributed by atoms with van der Waals surface area (Å²) in [5.74, 6) is 0.926. The number of aliphatic imine (C=N–C) groups is 1. The molecular weight excluding hydrogens is 448 g/mol. The van der Waals surface area contributed by atoms with E-state index in [2.05, 4.69) is 57.1 Å². The number of hydrogen-bond acceptors (Lipinski definition) is 3. The lowest BCUT2D eigenvalue weighted by Crippen LogP contribution is -2.34. The Morgan fingerprint density at radius 2 is 1.64 bits per heavy atom. The normalized spacial score (nSPS) is 15.7. The van der Waals surface area contributed by atoms with Gasteiger partial charge in [0.2, 0.25) is 0 Å². The number of aryl methyl sites for hydroxylation is 1. The van der Waals surface area contributed by atoms with Gasteiger partial charge >= 0.3 is 0 Å². The summed E-state index contributed by atoms with van der Waals surface area (Å²) in [4.78, 5) is 16.8. The number of furan rings is 1. The Bertz CT molecular complexity index is 1300. The fraction of sp³-hybridized carbons (Fsp3) is 0.400. The molecule has 0 saturated heterocycles. The van der Waals surface area contributed by atoms with Crippen molar-refractivity contribution in [3.63, 3.8) is 0 Å². The highest BCUT2D eigenvalue weighted by Gasteiger charge is 2.37. The Morgan fingerprint density at radius 3 is 2.33 bits per heavy atom. The largest absolute Gasteiger partial charge is 0.456 e. The number of benzene rings is 2. The third kappa shape index (κ3) is 5.64. The van der Waals surface area contributed by atoms with Gasteiger partial charge in [0.05, 0.1) is 6.54 Å². The van der Waals surface area contributed by atoms with Crippen LogP contribution >= 0.6 is 0 Å². The standard InChI is InChI=1S/C30H38N4O2/c1-19-13-24-25(30(4,5)12-11-29(24,2)3)16-22(19)15-23-9-10-26(36-23)27(35)33-17-20-7-6-8-21(14-20)18-34-28(31)32/h6-10,13-14,16H,11-12,15,17-18H2,1-5H3,(H,33,35)(H4,31,32,34). The van der Waals surface area contributed by atoms with Gasteiger partial charge in [0, 0.05) is 13.0 Å². The highest BCUT2D eigenvalue weighted by Crippen LogP contribution is 2.46. The molecule has 0 atom stereocenters. The minimum absolute atomic E-state index is 0.0560. The molecule has 1 aliphatic rings. The Balaban J connectivity index is 1.44. The second-order valence-electron chi connectivity index (χ2n) is 11.3. The van der Waals surface area contributed by atoms with E-state index in [-0.39, 0.29) is 22.7 Å². The summed E-state index contributed by atoms with van der Waals surface area (Å²) in [6.07, 6.45) is 3.04. The van der Waals surface area contributed by atoms with Crippen molar-refractivity contribution in [2.75, 3.05) is 0 Å². The number of carbonyl (C=O) groups is 1. The maximum absolute atomic E-state index is 12.7. The molecule has 0 unspecified atom stereocenters. The Hall–Kier alpha value is -3.54. The highest BCUT2D eigenvalue weighted by atomic mass is 16.3. The van der Waals surface area contributed by atoms with Crippen LogP contribution in [-0.2, 0) is 30.3 Å². The molecule has 0 saturated carbocycles. The van der Waals surface area contributed by atoms with E-state index in [9.17, 15) is 4.79 Å². The summed E-state index contributed by atoms with van der Waals surface area (Å²) in [6, 6.07) is 16.2. The average molecular weight is 487 g/mol. The SMILES string of the molecule is Cc1cc2c(cc1Cc1ccc(C(=O)NCc3cccc(CN=C(N)N)c3)o1)C(C)(C)CCC2(C)C. The van der Waals surface area contributed by atoms with Crippen LogP contribution in [0.2, 0.25) is 0 Å². The van der Waals surface area contributed by atoms with Gasteiger partial charge < -0.3 is 21.2 Å². The molecule has 1 heterocycles. The average Bonchev–Trinajstić information content (AvgIpc) is 3.29. The van der Waals surface area contributed by atoms with E-state index in [1.807, 2.05) is 30.3 Å². The van der Waals surface area contributed by atoms with E-state index >= 15 is 0 Å². The van der Waals surface area contributed by atoms with Crippen molar-refractivity contribution in [3.8, 4) is 0 Å². The molecule has 1 amide bonds. The van der Waals surface area contributed by atoms with E-state index in [4.69, 9.17) is 15.9 Å². The first-order valence-electron chi connectivity index (χ1n) is 12.6. The first-order valence-corrected chi connectivity index (χ1v) is 12.6. The summed E-state index contributed by atoms with van der Waals surface area (Å²) < 4.78 is 5.96. The minimum Gasteiger partial charge on any atom is -0.456 e. The van der Waals surface area contributed by atoms with Gasteiger partial charge in [-0.3, -0.25) is 4.79 Å². The van der Waals surface area contributed by atoms with Crippen LogP contribution in [0.5, 0.6) is 0 Å². The van der Waals surface area contributed by atoms with E-state index < -0.39 is 0 Å². The smallest absolute Gasteiger partial charge is 0.287 e. The molecule has 0 spiro atoms. The molecule has 3 aromatic rings. The summed E-state index contributed by atoms with van der Waals surface area (Å²) in [7, 11) is 0. The lowest BCUT2D eigenvalue weighted by Gasteiger charge is -2.42. The van der Waals surface area contributed by atoms with Crippen molar-refractivity contribution in [1.82, 2.24) is 5.32 Å².